The summed E-state index contributed by atoms with van der Waals surface area (Å²) in [5.41, 5.74) is 7.66. The molecule has 116 valence electrons. The first-order chi connectivity index (χ1) is 10.6. The van der Waals surface area contributed by atoms with Gasteiger partial charge in [0.2, 0.25) is 6.79 Å². The number of nitrogens with zero attached hydrogens (tertiary/aromatic N) is 2. The molecule has 2 aromatic rings. The summed E-state index contributed by atoms with van der Waals surface area (Å²) in [5.74, 6) is 2.78. The van der Waals surface area contributed by atoms with Crippen molar-refractivity contribution in [1.82, 2.24) is 9.97 Å². The minimum atomic E-state index is 0.249. The molecule has 2 heterocycles. The molecule has 0 bridgehead atoms. The first-order valence-electron chi connectivity index (χ1n) is 7.13. The summed E-state index contributed by atoms with van der Waals surface area (Å²) in [6.45, 7) is 4.91. The van der Waals surface area contributed by atoms with Gasteiger partial charge in [-0.15, -0.1) is 0 Å². The average Bonchev–Trinajstić information content (AvgIpc) is 2.95. The van der Waals surface area contributed by atoms with Crippen LogP contribution in [0.4, 0.5) is 17.3 Å². The molecule has 1 aromatic carbocycles. The van der Waals surface area contributed by atoms with Crippen molar-refractivity contribution in [3.05, 3.63) is 30.1 Å². The SMILES string of the molecule is CC(C)Nc1ncnc(NCc2ccc3c(c2)OCO3)c1N. The standard InChI is InChI=1S/C15H19N5O2/c1-9(2)20-15-13(16)14(18-7-19-15)17-6-10-3-4-11-12(5-10)22-8-21-11/h3-5,7,9H,6,8,16H2,1-2H3,(H2,17,18,19,20). The van der Waals surface area contributed by atoms with Gasteiger partial charge in [0.15, 0.2) is 23.1 Å². The molecule has 7 nitrogen and oxygen atoms in total. The number of aromatic nitrogens is 2. The van der Waals surface area contributed by atoms with Crippen LogP contribution in [-0.2, 0) is 6.54 Å². The molecule has 0 amide bonds. The summed E-state index contributed by atoms with van der Waals surface area (Å²) in [5, 5.41) is 6.41. The van der Waals surface area contributed by atoms with E-state index in [1.54, 1.807) is 0 Å². The number of ether oxygens (including phenoxy) is 2. The van der Waals surface area contributed by atoms with Crippen LogP contribution < -0.4 is 25.8 Å². The molecule has 0 saturated heterocycles. The fourth-order valence-electron chi connectivity index (χ4n) is 2.16. The van der Waals surface area contributed by atoms with Crippen molar-refractivity contribution in [1.29, 1.82) is 0 Å². The van der Waals surface area contributed by atoms with Gasteiger partial charge in [-0.1, -0.05) is 6.07 Å². The van der Waals surface area contributed by atoms with Crippen molar-refractivity contribution in [3.8, 4) is 11.5 Å². The molecule has 0 radical (unpaired) electrons. The van der Waals surface area contributed by atoms with E-state index >= 15 is 0 Å². The second kappa shape index (κ2) is 5.97. The van der Waals surface area contributed by atoms with Gasteiger partial charge in [-0.3, -0.25) is 0 Å². The lowest BCUT2D eigenvalue weighted by Gasteiger charge is -2.14. The Morgan fingerprint density at radius 1 is 1.18 bits per heavy atom. The van der Waals surface area contributed by atoms with Gasteiger partial charge in [0, 0.05) is 12.6 Å². The summed E-state index contributed by atoms with van der Waals surface area (Å²) in [4.78, 5) is 8.35. The van der Waals surface area contributed by atoms with E-state index in [0.29, 0.717) is 23.9 Å². The zero-order chi connectivity index (χ0) is 15.5. The molecule has 0 spiro atoms. The van der Waals surface area contributed by atoms with Gasteiger partial charge in [0.1, 0.15) is 12.0 Å². The smallest absolute Gasteiger partial charge is 0.231 e. The van der Waals surface area contributed by atoms with E-state index < -0.39 is 0 Å². The monoisotopic (exact) mass is 301 g/mol. The third kappa shape index (κ3) is 2.98. The third-order valence-electron chi connectivity index (χ3n) is 3.21. The number of rotatable bonds is 5. The van der Waals surface area contributed by atoms with Crippen molar-refractivity contribution >= 4 is 17.3 Å². The summed E-state index contributed by atoms with van der Waals surface area (Å²) in [6, 6.07) is 6.07. The average molecular weight is 301 g/mol. The number of hydrogen-bond acceptors (Lipinski definition) is 7. The fourth-order valence-corrected chi connectivity index (χ4v) is 2.16. The Bertz CT molecular complexity index is 675. The van der Waals surface area contributed by atoms with Gasteiger partial charge >= 0.3 is 0 Å². The Kier molecular flexibility index (Phi) is 3.86. The molecular formula is C15H19N5O2. The number of hydrogen-bond donors (Lipinski definition) is 3. The van der Waals surface area contributed by atoms with Crippen LogP contribution in [0.5, 0.6) is 11.5 Å². The molecule has 3 rings (SSSR count). The highest BCUT2D eigenvalue weighted by molar-refractivity contribution is 5.74. The summed E-state index contributed by atoms with van der Waals surface area (Å²) in [6.07, 6.45) is 1.49. The maximum Gasteiger partial charge on any atom is 0.231 e. The Morgan fingerprint density at radius 2 is 1.95 bits per heavy atom. The largest absolute Gasteiger partial charge is 0.454 e. The summed E-state index contributed by atoms with van der Waals surface area (Å²) in [7, 11) is 0. The molecule has 4 N–H and O–H groups in total. The van der Waals surface area contributed by atoms with Crippen LogP contribution in [0.25, 0.3) is 0 Å². The highest BCUT2D eigenvalue weighted by atomic mass is 16.7. The van der Waals surface area contributed by atoms with E-state index in [2.05, 4.69) is 20.6 Å². The topological polar surface area (TPSA) is 94.3 Å². The van der Waals surface area contributed by atoms with Crippen molar-refractivity contribution < 1.29 is 9.47 Å². The number of anilines is 3. The molecule has 1 aliphatic rings. The van der Waals surface area contributed by atoms with Gasteiger partial charge in [-0.2, -0.15) is 0 Å². The Balaban J connectivity index is 1.71. The number of benzene rings is 1. The van der Waals surface area contributed by atoms with Crippen LogP contribution in [0.3, 0.4) is 0 Å². The number of nitrogen functional groups attached to an aromatic ring is 1. The maximum absolute atomic E-state index is 6.09. The van der Waals surface area contributed by atoms with Gasteiger partial charge in [0.25, 0.3) is 0 Å². The molecule has 22 heavy (non-hydrogen) atoms. The van der Waals surface area contributed by atoms with Gasteiger partial charge < -0.3 is 25.8 Å². The quantitative estimate of drug-likeness (QED) is 0.779. The van der Waals surface area contributed by atoms with Crippen molar-refractivity contribution in [2.24, 2.45) is 0 Å². The van der Waals surface area contributed by atoms with Crippen LogP contribution in [0, 0.1) is 0 Å². The Labute approximate surface area is 128 Å². The number of fused-ring (bicyclic) bond motifs is 1. The molecule has 7 heteroatoms. The molecule has 1 aromatic heterocycles. The fraction of sp³-hybridized carbons (Fsp3) is 0.333. The van der Waals surface area contributed by atoms with E-state index in [9.17, 15) is 0 Å². The maximum atomic E-state index is 6.09. The molecule has 0 fully saturated rings. The van der Waals surface area contributed by atoms with Crippen molar-refractivity contribution in [2.75, 3.05) is 23.2 Å². The third-order valence-corrected chi connectivity index (χ3v) is 3.21. The second-order valence-corrected chi connectivity index (χ2v) is 5.32. The zero-order valence-electron chi connectivity index (χ0n) is 12.6. The molecule has 1 aliphatic heterocycles. The summed E-state index contributed by atoms with van der Waals surface area (Å²) >= 11 is 0. The number of nitrogens with one attached hydrogen (secondary N) is 2. The van der Waals surface area contributed by atoms with E-state index in [1.807, 2.05) is 32.0 Å². The highest BCUT2D eigenvalue weighted by Gasteiger charge is 2.14. The molecular weight excluding hydrogens is 282 g/mol. The molecule has 0 saturated carbocycles. The van der Waals surface area contributed by atoms with Crippen molar-refractivity contribution in [3.63, 3.8) is 0 Å². The van der Waals surface area contributed by atoms with Gasteiger partial charge in [-0.25, -0.2) is 9.97 Å². The lowest BCUT2D eigenvalue weighted by molar-refractivity contribution is 0.174. The molecule has 0 unspecified atom stereocenters. The van der Waals surface area contributed by atoms with Crippen LogP contribution in [0.1, 0.15) is 19.4 Å². The first-order valence-corrected chi connectivity index (χ1v) is 7.13. The van der Waals surface area contributed by atoms with E-state index in [0.717, 1.165) is 17.1 Å². The lowest BCUT2D eigenvalue weighted by Crippen LogP contribution is -2.14. The molecule has 0 aliphatic carbocycles. The number of nitrogens with two attached hydrogens (primary N) is 1. The van der Waals surface area contributed by atoms with Gasteiger partial charge in [0.05, 0.1) is 0 Å². The zero-order valence-corrected chi connectivity index (χ0v) is 12.6. The van der Waals surface area contributed by atoms with Crippen LogP contribution in [-0.4, -0.2) is 22.8 Å². The van der Waals surface area contributed by atoms with Crippen LogP contribution in [0.15, 0.2) is 24.5 Å². The first kappa shape index (κ1) is 14.2. The van der Waals surface area contributed by atoms with E-state index in [-0.39, 0.29) is 12.8 Å². The second-order valence-electron chi connectivity index (χ2n) is 5.32. The van der Waals surface area contributed by atoms with Crippen LogP contribution >= 0.6 is 0 Å². The van der Waals surface area contributed by atoms with Crippen LogP contribution in [0.2, 0.25) is 0 Å². The predicted octanol–water partition coefficient (Wildman–Crippen LogP) is 2.22. The summed E-state index contributed by atoms with van der Waals surface area (Å²) < 4.78 is 10.7. The highest BCUT2D eigenvalue weighted by Crippen LogP contribution is 2.33. The minimum absolute atomic E-state index is 0.249. The lowest BCUT2D eigenvalue weighted by atomic mass is 10.2. The Hall–Kier alpha value is -2.70. The van der Waals surface area contributed by atoms with Gasteiger partial charge in [-0.05, 0) is 31.5 Å². The minimum Gasteiger partial charge on any atom is -0.454 e. The predicted molar refractivity (Wildman–Crippen MR) is 85.1 cm³/mol. The van der Waals surface area contributed by atoms with E-state index in [4.69, 9.17) is 15.2 Å². The van der Waals surface area contributed by atoms with Crippen molar-refractivity contribution in [2.45, 2.75) is 26.4 Å². The normalized spacial score (nSPS) is 12.5. The Morgan fingerprint density at radius 3 is 2.77 bits per heavy atom. The molecule has 0 atom stereocenters. The van der Waals surface area contributed by atoms with E-state index in [1.165, 1.54) is 6.33 Å².